The van der Waals surface area contributed by atoms with E-state index in [2.05, 4.69) is 19.8 Å². The number of fused-ring (bicyclic) bond motifs is 1. The summed E-state index contributed by atoms with van der Waals surface area (Å²) in [6, 6.07) is 1.62. The molecule has 0 fully saturated rings. The molecule has 3 heterocycles. The van der Waals surface area contributed by atoms with Crippen molar-refractivity contribution in [3.05, 3.63) is 35.3 Å². The first-order valence-corrected chi connectivity index (χ1v) is 6.91. The number of nitrogens with zero attached hydrogens (tertiary/aromatic N) is 4. The van der Waals surface area contributed by atoms with Crippen LogP contribution in [0.5, 0.6) is 5.88 Å². The summed E-state index contributed by atoms with van der Waals surface area (Å²) in [6.45, 7) is 1.33. The predicted molar refractivity (Wildman–Crippen MR) is 81.3 cm³/mol. The van der Waals surface area contributed by atoms with E-state index in [0.717, 1.165) is 16.9 Å². The van der Waals surface area contributed by atoms with E-state index in [1.165, 1.54) is 6.92 Å². The molecule has 0 saturated heterocycles. The first-order valence-electron chi connectivity index (χ1n) is 8.41. The quantitative estimate of drug-likeness (QED) is 0.516. The van der Waals surface area contributed by atoms with Gasteiger partial charge in [0, 0.05) is 5.56 Å². The van der Waals surface area contributed by atoms with E-state index in [0.29, 0.717) is 6.07 Å². The number of halogens is 3. The zero-order chi connectivity index (χ0) is 21.7. The zero-order valence-electron chi connectivity index (χ0n) is 17.0. The Bertz CT molecular complexity index is 1130. The number of pyridine rings is 1. The molecule has 0 aliphatic rings. The van der Waals surface area contributed by atoms with Crippen LogP contribution in [0.2, 0.25) is 0 Å². The summed E-state index contributed by atoms with van der Waals surface area (Å²) in [5, 5.41) is 15.2. The average Bonchev–Trinajstić information content (AvgIpc) is 2.94. The average molecular weight is 392 g/mol. The Balaban J connectivity index is 0.00000320. The minimum atomic E-state index is -4.80. The van der Waals surface area contributed by atoms with Gasteiger partial charge in [-0.25, -0.2) is 14.5 Å². The third-order valence-electron chi connectivity index (χ3n) is 3.66. The van der Waals surface area contributed by atoms with Crippen LogP contribution in [0.4, 0.5) is 19.0 Å². The number of hydrogen-bond donors (Lipinski definition) is 1. The molecule has 0 atom stereocenters. The van der Waals surface area contributed by atoms with Crippen molar-refractivity contribution in [2.24, 2.45) is 0 Å². The van der Waals surface area contributed by atoms with E-state index in [4.69, 9.17) is 9.85 Å². The molecule has 0 aliphatic carbocycles. The van der Waals surface area contributed by atoms with Crippen LogP contribution in [0.3, 0.4) is 0 Å². The Hall–Kier alpha value is -2.37. The summed E-state index contributed by atoms with van der Waals surface area (Å²) in [5.74, 6) is -3.02. The van der Waals surface area contributed by atoms with Crippen LogP contribution in [-0.4, -0.2) is 32.6 Å². The van der Waals surface area contributed by atoms with E-state index in [1.54, 1.807) is 0 Å². The van der Waals surface area contributed by atoms with Gasteiger partial charge in [-0.05, 0) is 19.1 Å². The molecule has 3 aromatic rings. The molecule has 0 amide bonds. The first kappa shape index (κ1) is 16.8. The van der Waals surface area contributed by atoms with Crippen molar-refractivity contribution >= 4 is 17.3 Å². The molecule has 27 heavy (non-hydrogen) atoms. The van der Waals surface area contributed by atoms with E-state index in [1.807, 2.05) is 0 Å². The standard InChI is InChI=1S/C15H12F3N5O3.Na/c1-6-7(3-8(14(24)25)13(22-6)26-2)10-4-9(15(16,17)18)11-12(19)20-5-21-23(10)11;/h3-5H,1-2H3,(H,24,25)(H2,19,20,21);/q;+1/p-1/i2D3;. The number of alkyl halides is 3. The molecule has 136 valence electrons. The Labute approximate surface area is 176 Å². The van der Waals surface area contributed by atoms with Gasteiger partial charge in [-0.1, -0.05) is 0 Å². The number of carbonyl (C=O) groups is 1. The smallest absolute Gasteiger partial charge is 0.545 e. The van der Waals surface area contributed by atoms with Crippen LogP contribution < -0.4 is 45.1 Å². The van der Waals surface area contributed by atoms with Crippen LogP contribution in [0.1, 0.15) is 25.7 Å². The van der Waals surface area contributed by atoms with Gasteiger partial charge in [-0.3, -0.25) is 0 Å². The van der Waals surface area contributed by atoms with Gasteiger partial charge < -0.3 is 20.4 Å². The maximum Gasteiger partial charge on any atom is 1.00 e. The number of methoxy groups -OCH3 is 1. The summed E-state index contributed by atoms with van der Waals surface area (Å²) in [4.78, 5) is 18.8. The molecule has 8 nitrogen and oxygen atoms in total. The Morgan fingerprint density at radius 1 is 1.41 bits per heavy atom. The Kier molecular flexibility index (Phi) is 4.56. The molecular weight excluding hydrogens is 378 g/mol. The van der Waals surface area contributed by atoms with Crippen LogP contribution in [0, 0.1) is 6.92 Å². The number of nitrogens with two attached hydrogens (primary N) is 1. The van der Waals surface area contributed by atoms with Crippen LogP contribution in [0.15, 0.2) is 18.5 Å². The number of aryl methyl sites for hydroxylation is 1. The molecule has 0 bridgehead atoms. The van der Waals surface area contributed by atoms with Gasteiger partial charge in [0.15, 0.2) is 5.82 Å². The summed E-state index contributed by atoms with van der Waals surface area (Å²) >= 11 is 0. The van der Waals surface area contributed by atoms with Crippen LogP contribution in [0.25, 0.3) is 16.8 Å². The third kappa shape index (κ3) is 3.57. The monoisotopic (exact) mass is 392 g/mol. The number of aromatic nitrogens is 4. The van der Waals surface area contributed by atoms with Crippen molar-refractivity contribution in [3.63, 3.8) is 0 Å². The Morgan fingerprint density at radius 2 is 2.11 bits per heavy atom. The number of ether oxygens (including phenoxy) is 1. The number of anilines is 1. The minimum Gasteiger partial charge on any atom is -0.545 e. The number of aromatic carboxylic acids is 1. The van der Waals surface area contributed by atoms with E-state index < -0.39 is 47.5 Å². The second-order valence-electron chi connectivity index (χ2n) is 5.21. The van der Waals surface area contributed by atoms with E-state index >= 15 is 0 Å². The van der Waals surface area contributed by atoms with E-state index in [-0.39, 0.29) is 46.5 Å². The van der Waals surface area contributed by atoms with Crippen molar-refractivity contribution in [1.82, 2.24) is 19.6 Å². The fraction of sp³-hybridized carbons (Fsp3) is 0.200. The number of carbonyl (C=O) groups excluding carboxylic acids is 1. The zero-order valence-corrected chi connectivity index (χ0v) is 16.0. The maximum absolute atomic E-state index is 13.5. The molecule has 2 N–H and O–H groups in total. The normalized spacial score (nSPS) is 13.4. The maximum atomic E-state index is 13.5. The molecule has 0 aromatic carbocycles. The molecule has 0 saturated carbocycles. The number of carboxylic acid groups (broad SMARTS) is 1. The molecular formula is C15H11F3N5NaO3. The van der Waals surface area contributed by atoms with E-state index in [9.17, 15) is 23.1 Å². The van der Waals surface area contributed by atoms with Crippen molar-refractivity contribution in [2.45, 2.75) is 13.1 Å². The van der Waals surface area contributed by atoms with Crippen LogP contribution in [-0.2, 0) is 6.18 Å². The minimum absolute atomic E-state index is 0. The predicted octanol–water partition coefficient (Wildman–Crippen LogP) is -1.92. The number of rotatable bonds is 3. The third-order valence-corrected chi connectivity index (χ3v) is 3.66. The van der Waals surface area contributed by atoms with Crippen molar-refractivity contribution in [3.8, 4) is 17.1 Å². The number of carboxylic acids is 1. The van der Waals surface area contributed by atoms with Gasteiger partial charge in [0.1, 0.15) is 11.8 Å². The van der Waals surface area contributed by atoms with Crippen molar-refractivity contribution < 1.29 is 61.5 Å². The molecule has 0 spiro atoms. The number of hydrogen-bond acceptors (Lipinski definition) is 7. The molecule has 12 heteroatoms. The number of nitrogen functional groups attached to an aromatic ring is 1. The molecule has 0 aliphatic heterocycles. The second kappa shape index (κ2) is 7.33. The van der Waals surface area contributed by atoms with Crippen LogP contribution >= 0.6 is 0 Å². The van der Waals surface area contributed by atoms with Gasteiger partial charge in [0.25, 0.3) is 0 Å². The van der Waals surface area contributed by atoms with Gasteiger partial charge in [0.05, 0.1) is 39.6 Å². The second-order valence-corrected chi connectivity index (χ2v) is 5.21. The summed E-state index contributed by atoms with van der Waals surface area (Å²) < 4.78 is 67.1. The van der Waals surface area contributed by atoms with Gasteiger partial charge >= 0.3 is 35.7 Å². The van der Waals surface area contributed by atoms with Gasteiger partial charge in [-0.15, -0.1) is 0 Å². The SMILES string of the molecule is [2H]C([2H])([2H])Oc1nc(C)c(-c2cc(C(F)(F)F)c3c(N)ncnn23)cc1C(=O)[O-].[Na+]. The summed E-state index contributed by atoms with van der Waals surface area (Å²) in [7, 11) is -3.00. The molecule has 0 radical (unpaired) electrons. The molecule has 3 aromatic heterocycles. The summed E-state index contributed by atoms with van der Waals surface area (Å²) in [6.07, 6.45) is -3.87. The molecule has 3 rings (SSSR count). The Morgan fingerprint density at radius 3 is 2.70 bits per heavy atom. The van der Waals surface area contributed by atoms with Gasteiger partial charge in [0.2, 0.25) is 5.88 Å². The van der Waals surface area contributed by atoms with Crippen molar-refractivity contribution in [2.75, 3.05) is 12.8 Å². The fourth-order valence-electron chi connectivity index (χ4n) is 2.54. The fourth-order valence-corrected chi connectivity index (χ4v) is 2.54. The largest absolute Gasteiger partial charge is 1.00 e. The van der Waals surface area contributed by atoms with Crippen molar-refractivity contribution in [1.29, 1.82) is 0 Å². The summed E-state index contributed by atoms with van der Waals surface area (Å²) in [5.41, 5.74) is 2.89. The first-order chi connectivity index (χ1) is 13.3. The van der Waals surface area contributed by atoms with Gasteiger partial charge in [-0.2, -0.15) is 18.3 Å². The topological polar surface area (TPSA) is 118 Å². The molecule has 0 unspecified atom stereocenters.